The molecule has 1 aliphatic heterocycles. The van der Waals surface area contributed by atoms with E-state index in [0.29, 0.717) is 17.4 Å². The summed E-state index contributed by atoms with van der Waals surface area (Å²) in [5.41, 5.74) is 6.57. The van der Waals surface area contributed by atoms with Gasteiger partial charge in [0.25, 0.3) is 0 Å². The topological polar surface area (TPSA) is 38.5 Å². The van der Waals surface area contributed by atoms with Gasteiger partial charge in [-0.25, -0.2) is 0 Å². The van der Waals surface area contributed by atoms with Crippen LogP contribution in [-0.4, -0.2) is 29.6 Å². The van der Waals surface area contributed by atoms with Crippen LogP contribution in [0.25, 0.3) is 0 Å². The average Bonchev–Trinajstić information content (AvgIpc) is 2.32. The monoisotopic (exact) mass is 224 g/mol. The number of nitrogens with zero attached hydrogens (tertiary/aromatic N) is 1. The average molecular weight is 224 g/mol. The molecule has 0 aromatic heterocycles. The smallest absolute Gasteiger partial charge is 0.142 e. The Hall–Kier alpha value is -1.13. The number of nitrogens with two attached hydrogens (primary N) is 1. The molecule has 0 amide bonds. The van der Waals surface area contributed by atoms with E-state index >= 15 is 0 Å². The second-order valence-electron chi connectivity index (χ2n) is 3.32. The van der Waals surface area contributed by atoms with Gasteiger partial charge in [0.05, 0.1) is 11.7 Å². The van der Waals surface area contributed by atoms with E-state index in [-0.39, 0.29) is 6.04 Å². The molecule has 0 spiro atoms. The maximum absolute atomic E-state index is 5.83. The lowest BCUT2D eigenvalue weighted by Crippen LogP contribution is -2.40. The Morgan fingerprint density at radius 2 is 2.33 bits per heavy atom. The van der Waals surface area contributed by atoms with E-state index in [9.17, 15) is 0 Å². The minimum Gasteiger partial charge on any atom is -0.489 e. The largest absolute Gasteiger partial charge is 0.489 e. The third-order valence-corrected chi connectivity index (χ3v) is 2.77. The zero-order valence-electron chi connectivity index (χ0n) is 9.06. The highest BCUT2D eigenvalue weighted by atomic mass is 32.1. The fourth-order valence-electron chi connectivity index (χ4n) is 1.21. The second-order valence-corrected chi connectivity index (χ2v) is 3.74. The van der Waals surface area contributed by atoms with Gasteiger partial charge >= 0.3 is 0 Å². The van der Waals surface area contributed by atoms with Crippen LogP contribution in [0.1, 0.15) is 6.92 Å². The first kappa shape index (κ1) is 11.9. The normalized spacial score (nSPS) is 25.9. The molecule has 1 saturated heterocycles. The molecule has 1 rings (SSSR count). The molecular formula is C11H16N2OS. The summed E-state index contributed by atoms with van der Waals surface area (Å²) in [7, 11) is 1.85. The van der Waals surface area contributed by atoms with E-state index in [2.05, 4.69) is 6.58 Å². The summed E-state index contributed by atoms with van der Waals surface area (Å²) in [6, 6.07) is -0.252. The van der Waals surface area contributed by atoms with E-state index in [1.807, 2.05) is 32.2 Å². The first-order valence-corrected chi connectivity index (χ1v) is 5.17. The van der Waals surface area contributed by atoms with Crippen LogP contribution in [-0.2, 0) is 4.74 Å². The van der Waals surface area contributed by atoms with Gasteiger partial charge in [0.1, 0.15) is 17.4 Å². The van der Waals surface area contributed by atoms with Gasteiger partial charge in [-0.1, -0.05) is 30.9 Å². The summed E-state index contributed by atoms with van der Waals surface area (Å²) in [5.74, 6) is 0.714. The van der Waals surface area contributed by atoms with Gasteiger partial charge in [-0.3, -0.25) is 0 Å². The van der Waals surface area contributed by atoms with Crippen molar-refractivity contribution in [3.05, 3.63) is 36.3 Å². The lowest BCUT2D eigenvalue weighted by molar-refractivity contribution is 0.220. The standard InChI is InChI=1S/C11H16N2OS/c1-4-5-6-10-8(2)13(3)11(15)9(12)7-14-10/h4-6,9H,2,7,12H2,1,3H3/b5-4-,10-6+/t9-/m0/s1. The molecule has 0 unspecified atom stereocenters. The van der Waals surface area contributed by atoms with Crippen molar-refractivity contribution in [1.82, 2.24) is 4.90 Å². The van der Waals surface area contributed by atoms with Crippen molar-refractivity contribution in [3.63, 3.8) is 0 Å². The van der Waals surface area contributed by atoms with Gasteiger partial charge in [0, 0.05) is 7.05 Å². The zero-order valence-corrected chi connectivity index (χ0v) is 9.88. The highest BCUT2D eigenvalue weighted by Gasteiger charge is 2.23. The number of rotatable bonds is 1. The van der Waals surface area contributed by atoms with Gasteiger partial charge in [-0.05, 0) is 13.0 Å². The molecule has 0 saturated carbocycles. The first-order valence-electron chi connectivity index (χ1n) is 4.76. The van der Waals surface area contributed by atoms with Crippen LogP contribution in [0.3, 0.4) is 0 Å². The molecule has 4 heteroatoms. The Kier molecular flexibility index (Phi) is 4.05. The summed E-state index contributed by atoms with van der Waals surface area (Å²) in [6.45, 7) is 6.27. The molecule has 0 radical (unpaired) electrons. The number of allylic oxidation sites excluding steroid dienone is 3. The number of thiocarbonyl (C=S) groups is 1. The third-order valence-electron chi connectivity index (χ3n) is 2.20. The van der Waals surface area contributed by atoms with E-state index < -0.39 is 0 Å². The molecule has 82 valence electrons. The number of likely N-dealkylation sites (N-methyl/N-ethyl adjacent to an activating group) is 1. The van der Waals surface area contributed by atoms with Gasteiger partial charge in [-0.2, -0.15) is 0 Å². The first-order chi connectivity index (χ1) is 7.07. The van der Waals surface area contributed by atoms with Gasteiger partial charge in [-0.15, -0.1) is 0 Å². The van der Waals surface area contributed by atoms with Crippen molar-refractivity contribution >= 4 is 17.2 Å². The van der Waals surface area contributed by atoms with E-state index in [1.54, 1.807) is 4.90 Å². The molecule has 1 heterocycles. The van der Waals surface area contributed by atoms with Crippen LogP contribution in [0.2, 0.25) is 0 Å². The summed E-state index contributed by atoms with van der Waals surface area (Å²) < 4.78 is 5.53. The maximum atomic E-state index is 5.83. The van der Waals surface area contributed by atoms with Gasteiger partial charge in [0.2, 0.25) is 0 Å². The molecule has 0 aromatic carbocycles. The van der Waals surface area contributed by atoms with Crippen LogP contribution in [0.5, 0.6) is 0 Å². The highest BCUT2D eigenvalue weighted by Crippen LogP contribution is 2.19. The highest BCUT2D eigenvalue weighted by molar-refractivity contribution is 7.80. The van der Waals surface area contributed by atoms with Crippen molar-refractivity contribution < 1.29 is 4.74 Å². The second kappa shape index (κ2) is 5.09. The van der Waals surface area contributed by atoms with E-state index in [0.717, 1.165) is 5.70 Å². The van der Waals surface area contributed by atoms with E-state index in [4.69, 9.17) is 22.7 Å². The number of hydrogen-bond acceptors (Lipinski definition) is 3. The van der Waals surface area contributed by atoms with Crippen LogP contribution < -0.4 is 5.73 Å². The molecular weight excluding hydrogens is 208 g/mol. The summed E-state index contributed by atoms with van der Waals surface area (Å²) in [4.78, 5) is 2.45. The summed E-state index contributed by atoms with van der Waals surface area (Å²) in [5, 5.41) is 0. The maximum Gasteiger partial charge on any atom is 0.142 e. The van der Waals surface area contributed by atoms with Crippen molar-refractivity contribution in [1.29, 1.82) is 0 Å². The molecule has 1 atom stereocenters. The summed E-state index contributed by atoms with van der Waals surface area (Å²) in [6.07, 6.45) is 5.68. The Morgan fingerprint density at radius 3 is 2.93 bits per heavy atom. The molecule has 0 aliphatic carbocycles. The number of ether oxygens (including phenoxy) is 1. The molecule has 2 N–H and O–H groups in total. The molecule has 1 fully saturated rings. The van der Waals surface area contributed by atoms with Crippen LogP contribution in [0, 0.1) is 0 Å². The van der Waals surface area contributed by atoms with Crippen LogP contribution >= 0.6 is 12.2 Å². The van der Waals surface area contributed by atoms with Crippen molar-refractivity contribution in [2.75, 3.05) is 13.7 Å². The fourth-order valence-corrected chi connectivity index (χ4v) is 1.39. The molecule has 3 nitrogen and oxygen atoms in total. The molecule has 15 heavy (non-hydrogen) atoms. The fraction of sp³-hybridized carbons (Fsp3) is 0.364. The van der Waals surface area contributed by atoms with Crippen molar-refractivity contribution in [2.45, 2.75) is 13.0 Å². The Balaban J connectivity index is 2.95. The summed E-state index contributed by atoms with van der Waals surface area (Å²) >= 11 is 5.20. The zero-order chi connectivity index (χ0) is 11.4. The van der Waals surface area contributed by atoms with Crippen molar-refractivity contribution in [3.8, 4) is 0 Å². The predicted molar refractivity (Wildman–Crippen MR) is 66.3 cm³/mol. The minimum atomic E-state index is -0.252. The lowest BCUT2D eigenvalue weighted by Gasteiger charge is -2.20. The Morgan fingerprint density at radius 1 is 1.67 bits per heavy atom. The lowest BCUT2D eigenvalue weighted by atomic mass is 10.3. The van der Waals surface area contributed by atoms with Gasteiger partial charge < -0.3 is 15.4 Å². The van der Waals surface area contributed by atoms with Crippen LogP contribution in [0.4, 0.5) is 0 Å². The molecule has 1 aliphatic rings. The van der Waals surface area contributed by atoms with E-state index in [1.165, 1.54) is 0 Å². The number of hydrogen-bond donors (Lipinski definition) is 1. The van der Waals surface area contributed by atoms with Gasteiger partial charge in [0.15, 0.2) is 0 Å². The van der Waals surface area contributed by atoms with Crippen molar-refractivity contribution in [2.24, 2.45) is 5.73 Å². The minimum absolute atomic E-state index is 0.252. The molecule has 0 bridgehead atoms. The third kappa shape index (κ3) is 2.67. The SMILES string of the molecule is C=C1/C(=C\C=C/C)OC[C@H](N)C(=S)N1C. The Bertz CT molecular complexity index is 333. The molecule has 0 aromatic rings. The predicted octanol–water partition coefficient (Wildman–Crippen LogP) is 1.58. The van der Waals surface area contributed by atoms with Crippen LogP contribution in [0.15, 0.2) is 36.3 Å². The quantitative estimate of drug-likeness (QED) is 0.686. The Labute approximate surface area is 95.9 Å².